The Balaban J connectivity index is 1.72. The summed E-state index contributed by atoms with van der Waals surface area (Å²) in [7, 11) is 0. The van der Waals surface area contributed by atoms with E-state index in [0.717, 1.165) is 15.7 Å². The number of rotatable bonds is 7. The molecule has 5 heteroatoms. The van der Waals surface area contributed by atoms with Crippen LogP contribution in [0.3, 0.4) is 0 Å². The summed E-state index contributed by atoms with van der Waals surface area (Å²) in [6, 6.07) is 10.00. The molecule has 2 N–H and O–H groups in total. The van der Waals surface area contributed by atoms with E-state index in [0.29, 0.717) is 19.8 Å². The van der Waals surface area contributed by atoms with Gasteiger partial charge >= 0.3 is 0 Å². The van der Waals surface area contributed by atoms with Crippen molar-refractivity contribution in [3.05, 3.63) is 50.6 Å². The molecule has 0 saturated carbocycles. The first-order valence-electron chi connectivity index (χ1n) is 6.44. The Morgan fingerprint density at radius 3 is 2.95 bits per heavy atom. The molecular weight excluding hydrogens is 338 g/mol. The third-order valence-electron chi connectivity index (χ3n) is 2.93. The maximum atomic E-state index is 9.90. The number of nitrogens with one attached hydrogen (secondary N) is 1. The first-order chi connectivity index (χ1) is 9.66. The van der Waals surface area contributed by atoms with Gasteiger partial charge in [-0.3, -0.25) is 0 Å². The average Bonchev–Trinajstić information content (AvgIpc) is 2.94. The van der Waals surface area contributed by atoms with Crippen LogP contribution in [0.25, 0.3) is 0 Å². The molecule has 2 rings (SSSR count). The van der Waals surface area contributed by atoms with Crippen molar-refractivity contribution in [3.8, 4) is 0 Å². The van der Waals surface area contributed by atoms with Crippen molar-refractivity contribution in [1.82, 2.24) is 0 Å². The minimum absolute atomic E-state index is 0.331. The quantitative estimate of drug-likeness (QED) is 0.793. The molecule has 0 fully saturated rings. The second-order valence-corrected chi connectivity index (χ2v) is 6.43. The zero-order valence-electron chi connectivity index (χ0n) is 11.3. The van der Waals surface area contributed by atoms with Crippen LogP contribution >= 0.6 is 27.3 Å². The van der Waals surface area contributed by atoms with Crippen molar-refractivity contribution in [3.63, 3.8) is 0 Å². The molecule has 1 aromatic heterocycles. The first-order valence-corrected chi connectivity index (χ1v) is 8.11. The molecule has 1 atom stereocenters. The number of aliphatic hydroxyl groups is 1. The number of anilines is 1. The number of hydrogen-bond donors (Lipinski definition) is 2. The van der Waals surface area contributed by atoms with Crippen molar-refractivity contribution >= 4 is 33.0 Å². The average molecular weight is 356 g/mol. The molecule has 1 heterocycles. The number of hydrogen-bond acceptors (Lipinski definition) is 4. The van der Waals surface area contributed by atoms with Crippen LogP contribution in [-0.2, 0) is 11.3 Å². The Bertz CT molecular complexity index is 531. The SMILES string of the molecule is Cc1c(Br)cccc1NCC(O)COCc1cccs1. The minimum atomic E-state index is -0.520. The molecule has 0 amide bonds. The summed E-state index contributed by atoms with van der Waals surface area (Å²) >= 11 is 5.15. The molecule has 20 heavy (non-hydrogen) atoms. The maximum Gasteiger partial charge on any atom is 0.0945 e. The standard InChI is InChI=1S/C15H18BrNO2S/c1-11-14(16)5-2-6-15(11)17-8-12(18)9-19-10-13-4-3-7-20-13/h2-7,12,17-18H,8-10H2,1H3. The van der Waals surface area contributed by atoms with E-state index in [-0.39, 0.29) is 0 Å². The lowest BCUT2D eigenvalue weighted by molar-refractivity contribution is 0.0359. The molecule has 0 aliphatic carbocycles. The van der Waals surface area contributed by atoms with Crippen LogP contribution < -0.4 is 5.32 Å². The highest BCUT2D eigenvalue weighted by Gasteiger charge is 2.07. The summed E-state index contributed by atoms with van der Waals surface area (Å²) in [5.41, 5.74) is 2.16. The van der Waals surface area contributed by atoms with Crippen molar-refractivity contribution < 1.29 is 9.84 Å². The van der Waals surface area contributed by atoms with Crippen molar-refractivity contribution in [1.29, 1.82) is 0 Å². The van der Waals surface area contributed by atoms with Gasteiger partial charge in [-0.1, -0.05) is 28.1 Å². The molecule has 108 valence electrons. The van der Waals surface area contributed by atoms with Gasteiger partial charge in [0.2, 0.25) is 0 Å². The number of thiophene rings is 1. The fourth-order valence-electron chi connectivity index (χ4n) is 1.78. The van der Waals surface area contributed by atoms with E-state index in [1.54, 1.807) is 11.3 Å². The Hall–Kier alpha value is -0.880. The van der Waals surface area contributed by atoms with Crippen molar-refractivity contribution in [2.45, 2.75) is 19.6 Å². The van der Waals surface area contributed by atoms with Crippen molar-refractivity contribution in [2.24, 2.45) is 0 Å². The van der Waals surface area contributed by atoms with E-state index < -0.39 is 6.10 Å². The Morgan fingerprint density at radius 1 is 1.35 bits per heavy atom. The van der Waals surface area contributed by atoms with Gasteiger partial charge in [-0.15, -0.1) is 11.3 Å². The summed E-state index contributed by atoms with van der Waals surface area (Å²) in [6.45, 7) is 3.40. The summed E-state index contributed by atoms with van der Waals surface area (Å²) < 4.78 is 6.55. The fourth-order valence-corrected chi connectivity index (χ4v) is 2.78. The van der Waals surface area contributed by atoms with E-state index in [1.807, 2.05) is 42.6 Å². The van der Waals surface area contributed by atoms with Gasteiger partial charge in [0.1, 0.15) is 0 Å². The molecule has 1 aromatic carbocycles. The van der Waals surface area contributed by atoms with Gasteiger partial charge in [-0.25, -0.2) is 0 Å². The highest BCUT2D eigenvalue weighted by Crippen LogP contribution is 2.23. The highest BCUT2D eigenvalue weighted by atomic mass is 79.9. The van der Waals surface area contributed by atoms with Crippen LogP contribution in [-0.4, -0.2) is 24.4 Å². The molecule has 0 spiro atoms. The topological polar surface area (TPSA) is 41.5 Å². The van der Waals surface area contributed by atoms with Gasteiger partial charge in [0.25, 0.3) is 0 Å². The lowest BCUT2D eigenvalue weighted by atomic mass is 10.2. The van der Waals surface area contributed by atoms with E-state index >= 15 is 0 Å². The molecule has 1 unspecified atom stereocenters. The Labute approximate surface area is 131 Å². The minimum Gasteiger partial charge on any atom is -0.389 e. The number of aliphatic hydroxyl groups excluding tert-OH is 1. The van der Waals surface area contributed by atoms with Crippen LogP contribution in [0.1, 0.15) is 10.4 Å². The molecule has 2 aromatic rings. The predicted octanol–water partition coefficient (Wildman–Crippen LogP) is 3.81. The zero-order valence-corrected chi connectivity index (χ0v) is 13.7. The highest BCUT2D eigenvalue weighted by molar-refractivity contribution is 9.10. The molecule has 0 aliphatic heterocycles. The molecule has 0 bridgehead atoms. The lowest BCUT2D eigenvalue weighted by Gasteiger charge is -2.15. The van der Waals surface area contributed by atoms with E-state index in [2.05, 4.69) is 21.2 Å². The normalized spacial score (nSPS) is 12.3. The summed E-state index contributed by atoms with van der Waals surface area (Å²) in [6.07, 6.45) is -0.520. The molecule has 0 radical (unpaired) electrons. The van der Waals surface area contributed by atoms with Gasteiger partial charge in [0.15, 0.2) is 0 Å². The van der Waals surface area contributed by atoms with Gasteiger partial charge in [0.05, 0.1) is 19.3 Å². The molecule has 0 saturated heterocycles. The van der Waals surface area contributed by atoms with Crippen LogP contribution in [0.2, 0.25) is 0 Å². The molecular formula is C15H18BrNO2S. The third-order valence-corrected chi connectivity index (χ3v) is 4.64. The Kier molecular flexibility index (Phi) is 6.04. The van der Waals surface area contributed by atoms with E-state index in [9.17, 15) is 5.11 Å². The summed E-state index contributed by atoms with van der Waals surface area (Å²) in [5, 5.41) is 15.2. The molecule has 3 nitrogen and oxygen atoms in total. The second-order valence-electron chi connectivity index (χ2n) is 4.54. The first kappa shape index (κ1) is 15.5. The smallest absolute Gasteiger partial charge is 0.0945 e. The number of benzene rings is 1. The summed E-state index contributed by atoms with van der Waals surface area (Å²) in [4.78, 5) is 1.17. The van der Waals surface area contributed by atoms with E-state index in [1.165, 1.54) is 4.88 Å². The van der Waals surface area contributed by atoms with Crippen LogP contribution in [0.5, 0.6) is 0 Å². The van der Waals surface area contributed by atoms with Gasteiger partial charge in [0, 0.05) is 21.6 Å². The van der Waals surface area contributed by atoms with Crippen LogP contribution in [0.4, 0.5) is 5.69 Å². The third kappa shape index (κ3) is 4.59. The number of halogens is 1. The van der Waals surface area contributed by atoms with Crippen molar-refractivity contribution in [2.75, 3.05) is 18.5 Å². The second kappa shape index (κ2) is 7.78. The van der Waals surface area contributed by atoms with Crippen LogP contribution in [0, 0.1) is 6.92 Å². The van der Waals surface area contributed by atoms with Gasteiger partial charge in [-0.05, 0) is 36.1 Å². The lowest BCUT2D eigenvalue weighted by Crippen LogP contribution is -2.25. The number of ether oxygens (including phenoxy) is 1. The van der Waals surface area contributed by atoms with Crippen LogP contribution in [0.15, 0.2) is 40.2 Å². The molecule has 0 aliphatic rings. The van der Waals surface area contributed by atoms with Gasteiger partial charge in [-0.2, -0.15) is 0 Å². The fraction of sp³-hybridized carbons (Fsp3) is 0.333. The Morgan fingerprint density at radius 2 is 2.20 bits per heavy atom. The largest absolute Gasteiger partial charge is 0.389 e. The monoisotopic (exact) mass is 355 g/mol. The maximum absolute atomic E-state index is 9.90. The summed E-state index contributed by atoms with van der Waals surface area (Å²) in [5.74, 6) is 0. The zero-order chi connectivity index (χ0) is 14.4. The van der Waals surface area contributed by atoms with E-state index in [4.69, 9.17) is 4.74 Å². The van der Waals surface area contributed by atoms with Gasteiger partial charge < -0.3 is 15.2 Å². The predicted molar refractivity (Wildman–Crippen MR) is 87.4 cm³/mol.